The molecule has 0 aliphatic carbocycles. The highest BCUT2D eigenvalue weighted by Crippen LogP contribution is 2.40. The normalized spacial score (nSPS) is 22.3. The number of hydrogen-bond acceptors (Lipinski definition) is 3. The molecule has 1 aromatic carbocycles. The van der Waals surface area contributed by atoms with E-state index in [1.165, 1.54) is 0 Å². The summed E-state index contributed by atoms with van der Waals surface area (Å²) >= 11 is 0. The molecule has 3 nitrogen and oxygen atoms in total. The van der Waals surface area contributed by atoms with Crippen molar-refractivity contribution in [3.05, 3.63) is 35.4 Å². The molecule has 0 N–H and O–H groups in total. The van der Waals surface area contributed by atoms with Crippen LogP contribution >= 0.6 is 0 Å². The van der Waals surface area contributed by atoms with E-state index in [-0.39, 0.29) is 24.1 Å². The number of benzene rings is 1. The Hall–Kier alpha value is -1.13. The maximum Gasteiger partial charge on any atom is 0.465 e. The van der Waals surface area contributed by atoms with Gasteiger partial charge in [0.2, 0.25) is 0 Å². The minimum Gasteiger partial charge on any atom is -0.403 e. The van der Waals surface area contributed by atoms with Crippen molar-refractivity contribution in [3.8, 4) is 0 Å². The van der Waals surface area contributed by atoms with Gasteiger partial charge in [0.1, 0.15) is 6.29 Å². The zero-order valence-corrected chi connectivity index (χ0v) is 12.3. The second kappa shape index (κ2) is 4.76. The molecule has 2 rings (SSSR count). The molecule has 1 aliphatic rings. The minimum absolute atomic E-state index is 0.0842. The average molecular weight is 260 g/mol. The molecule has 19 heavy (non-hydrogen) atoms. The molecule has 102 valence electrons. The van der Waals surface area contributed by atoms with Crippen LogP contribution in [0.2, 0.25) is 0 Å². The van der Waals surface area contributed by atoms with Crippen LogP contribution < -0.4 is 0 Å². The van der Waals surface area contributed by atoms with Crippen LogP contribution in [0.15, 0.2) is 24.3 Å². The van der Waals surface area contributed by atoms with E-state index in [4.69, 9.17) is 9.31 Å². The quantitative estimate of drug-likeness (QED) is 0.618. The van der Waals surface area contributed by atoms with E-state index in [0.29, 0.717) is 5.56 Å². The van der Waals surface area contributed by atoms with Crippen LogP contribution in [0.3, 0.4) is 0 Å². The van der Waals surface area contributed by atoms with Gasteiger partial charge in [0.15, 0.2) is 0 Å². The predicted octanol–water partition coefficient (Wildman–Crippen LogP) is 3.23. The molecule has 1 fully saturated rings. The van der Waals surface area contributed by atoms with Crippen molar-refractivity contribution in [1.29, 1.82) is 0 Å². The number of rotatable bonds is 3. The minimum atomic E-state index is -0.325. The van der Waals surface area contributed by atoms with Crippen molar-refractivity contribution >= 4 is 13.4 Å². The molecule has 1 atom stereocenters. The Labute approximate surface area is 115 Å². The molecule has 1 aliphatic heterocycles. The van der Waals surface area contributed by atoms with Gasteiger partial charge in [-0.2, -0.15) is 0 Å². The maximum absolute atomic E-state index is 10.8. The molecule has 1 heterocycles. The van der Waals surface area contributed by atoms with Crippen molar-refractivity contribution in [2.24, 2.45) is 0 Å². The Morgan fingerprint density at radius 2 is 1.74 bits per heavy atom. The van der Waals surface area contributed by atoms with Gasteiger partial charge in [-0.3, -0.25) is 4.79 Å². The zero-order valence-electron chi connectivity index (χ0n) is 12.3. The lowest BCUT2D eigenvalue weighted by Gasteiger charge is -2.32. The van der Waals surface area contributed by atoms with Crippen LogP contribution in [0, 0.1) is 0 Å². The van der Waals surface area contributed by atoms with Crippen molar-refractivity contribution in [2.75, 3.05) is 0 Å². The summed E-state index contributed by atoms with van der Waals surface area (Å²) in [5.74, 6) is 0.0842. The second-order valence-corrected chi connectivity index (χ2v) is 6.20. The monoisotopic (exact) mass is 260 g/mol. The third kappa shape index (κ3) is 2.60. The Bertz CT molecular complexity index is 466. The fourth-order valence-electron chi connectivity index (χ4n) is 2.17. The lowest BCUT2D eigenvalue weighted by atomic mass is 9.69. The first-order chi connectivity index (χ1) is 8.77. The standard InChI is InChI=1S/C15H21BO3/c1-11(13-8-6-7-12(9-13)10-17)16-18-14(2,3)15(4,5)19-16/h6-11H,1-5H3. The molecule has 0 amide bonds. The molecule has 0 aromatic heterocycles. The van der Waals surface area contributed by atoms with Crippen LogP contribution in [0.25, 0.3) is 0 Å². The van der Waals surface area contributed by atoms with Crippen LogP contribution in [-0.2, 0) is 9.31 Å². The number of carbonyl (C=O) groups is 1. The van der Waals surface area contributed by atoms with E-state index in [1.807, 2.05) is 45.9 Å². The van der Waals surface area contributed by atoms with E-state index < -0.39 is 0 Å². The van der Waals surface area contributed by atoms with E-state index in [2.05, 4.69) is 6.92 Å². The molecule has 0 saturated carbocycles. The van der Waals surface area contributed by atoms with Gasteiger partial charge in [0.25, 0.3) is 0 Å². The molecule has 1 saturated heterocycles. The third-order valence-corrected chi connectivity index (χ3v) is 4.25. The molecular weight excluding hydrogens is 239 g/mol. The van der Waals surface area contributed by atoms with Gasteiger partial charge in [0, 0.05) is 11.4 Å². The Kier molecular flexibility index (Phi) is 3.58. The van der Waals surface area contributed by atoms with Crippen LogP contribution in [0.5, 0.6) is 0 Å². The summed E-state index contributed by atoms with van der Waals surface area (Å²) in [7, 11) is -0.285. The molecule has 0 radical (unpaired) electrons. The van der Waals surface area contributed by atoms with Gasteiger partial charge < -0.3 is 9.31 Å². The average Bonchev–Trinajstić information content (AvgIpc) is 2.57. The molecule has 1 unspecified atom stereocenters. The first-order valence-corrected chi connectivity index (χ1v) is 6.67. The van der Waals surface area contributed by atoms with E-state index >= 15 is 0 Å². The summed E-state index contributed by atoms with van der Waals surface area (Å²) in [5, 5.41) is 0. The van der Waals surface area contributed by atoms with E-state index in [1.54, 1.807) is 6.07 Å². The highest BCUT2D eigenvalue weighted by molar-refractivity contribution is 6.47. The van der Waals surface area contributed by atoms with Gasteiger partial charge in [-0.1, -0.05) is 25.1 Å². The summed E-state index contributed by atoms with van der Waals surface area (Å²) in [5.41, 5.74) is 1.09. The Balaban J connectivity index is 2.21. The van der Waals surface area contributed by atoms with Gasteiger partial charge in [-0.15, -0.1) is 0 Å². The molecule has 4 heteroatoms. The summed E-state index contributed by atoms with van der Waals surface area (Å²) in [4.78, 5) is 10.8. The SMILES string of the molecule is CC(B1OC(C)(C)C(C)(C)O1)c1cccc(C=O)c1. The Morgan fingerprint density at radius 3 is 2.26 bits per heavy atom. The number of hydrogen-bond donors (Lipinski definition) is 0. The second-order valence-electron chi connectivity index (χ2n) is 6.20. The molecule has 1 aromatic rings. The lowest BCUT2D eigenvalue weighted by Crippen LogP contribution is -2.41. The van der Waals surface area contributed by atoms with Crippen molar-refractivity contribution < 1.29 is 14.1 Å². The largest absolute Gasteiger partial charge is 0.465 e. The predicted molar refractivity (Wildman–Crippen MR) is 76.3 cm³/mol. The summed E-state index contributed by atoms with van der Waals surface area (Å²) in [6, 6.07) is 7.58. The summed E-state index contributed by atoms with van der Waals surface area (Å²) in [6.07, 6.45) is 0.862. The van der Waals surface area contributed by atoms with Crippen LogP contribution in [0.1, 0.15) is 56.4 Å². The first kappa shape index (κ1) is 14.3. The molecule has 0 bridgehead atoms. The van der Waals surface area contributed by atoms with Crippen molar-refractivity contribution in [1.82, 2.24) is 0 Å². The molecule has 0 spiro atoms. The smallest absolute Gasteiger partial charge is 0.403 e. The van der Waals surface area contributed by atoms with Crippen molar-refractivity contribution in [2.45, 2.75) is 51.6 Å². The highest BCUT2D eigenvalue weighted by atomic mass is 16.7. The summed E-state index contributed by atoms with van der Waals surface area (Å²) < 4.78 is 12.1. The fourth-order valence-corrected chi connectivity index (χ4v) is 2.17. The zero-order chi connectivity index (χ0) is 14.3. The van der Waals surface area contributed by atoms with Gasteiger partial charge >= 0.3 is 7.12 Å². The van der Waals surface area contributed by atoms with Gasteiger partial charge in [0.05, 0.1) is 11.2 Å². The van der Waals surface area contributed by atoms with Crippen molar-refractivity contribution in [3.63, 3.8) is 0 Å². The Morgan fingerprint density at radius 1 is 1.16 bits per heavy atom. The lowest BCUT2D eigenvalue weighted by molar-refractivity contribution is 0.00578. The first-order valence-electron chi connectivity index (χ1n) is 6.67. The van der Waals surface area contributed by atoms with Crippen LogP contribution in [-0.4, -0.2) is 24.6 Å². The maximum atomic E-state index is 10.8. The highest BCUT2D eigenvalue weighted by Gasteiger charge is 2.52. The number of carbonyl (C=O) groups excluding carboxylic acids is 1. The number of aldehydes is 1. The molecular formula is C15H21BO3. The van der Waals surface area contributed by atoms with E-state index in [9.17, 15) is 4.79 Å². The summed E-state index contributed by atoms with van der Waals surface area (Å²) in [6.45, 7) is 10.2. The van der Waals surface area contributed by atoms with E-state index in [0.717, 1.165) is 11.8 Å². The third-order valence-electron chi connectivity index (χ3n) is 4.25. The van der Waals surface area contributed by atoms with Gasteiger partial charge in [-0.05, 0) is 39.3 Å². The topological polar surface area (TPSA) is 35.5 Å². The van der Waals surface area contributed by atoms with Crippen LogP contribution in [0.4, 0.5) is 0 Å². The van der Waals surface area contributed by atoms with Gasteiger partial charge in [-0.25, -0.2) is 0 Å². The fraction of sp³-hybridized carbons (Fsp3) is 0.533.